The quantitative estimate of drug-likeness (QED) is 0.0612. The number of urea groups is 1. The molecule has 16 heteroatoms. The minimum atomic E-state index is -0.797. The van der Waals surface area contributed by atoms with E-state index in [1.807, 2.05) is 32.6 Å². The van der Waals surface area contributed by atoms with Gasteiger partial charge in [-0.2, -0.15) is 0 Å². The molecule has 1 aromatic heterocycles. The molecule has 326 valence electrons. The number of amides is 5. The Kier molecular flexibility index (Phi) is 18.1. The zero-order valence-electron chi connectivity index (χ0n) is 35.5. The van der Waals surface area contributed by atoms with Gasteiger partial charge in [0.1, 0.15) is 18.3 Å². The predicted octanol–water partition coefficient (Wildman–Crippen LogP) is 4.46. The summed E-state index contributed by atoms with van der Waals surface area (Å²) in [5.74, 6) is -1.06. The van der Waals surface area contributed by atoms with Crippen molar-refractivity contribution in [3.8, 4) is 0 Å². The summed E-state index contributed by atoms with van der Waals surface area (Å²) in [6.07, 6.45) is 6.44. The van der Waals surface area contributed by atoms with Crippen molar-refractivity contribution in [1.29, 1.82) is 0 Å². The van der Waals surface area contributed by atoms with Gasteiger partial charge in [-0.15, -0.1) is 0 Å². The number of fused-ring (bicyclic) bond motifs is 1. The third kappa shape index (κ3) is 15.0. The number of ether oxygens (including phenoxy) is 1. The van der Waals surface area contributed by atoms with Crippen LogP contribution in [0.2, 0.25) is 0 Å². The molecule has 4 rings (SSSR count). The molecule has 0 bridgehead atoms. The molecule has 5 amide bonds. The van der Waals surface area contributed by atoms with Crippen LogP contribution < -0.4 is 33.2 Å². The molecule has 9 N–H and O–H groups in total. The smallest absolute Gasteiger partial charge is 0.312 e. The molecular formula is C45H59N9O7. The molecule has 1 aliphatic rings. The van der Waals surface area contributed by atoms with Crippen LogP contribution in [0.3, 0.4) is 0 Å². The highest BCUT2D eigenvalue weighted by Gasteiger charge is 2.26. The lowest BCUT2D eigenvalue weighted by Gasteiger charge is -2.22. The number of ketones is 1. The van der Waals surface area contributed by atoms with Crippen LogP contribution in [0.4, 0.5) is 16.3 Å². The number of rotatable bonds is 22. The van der Waals surface area contributed by atoms with Crippen LogP contribution in [-0.4, -0.2) is 82.9 Å². The highest BCUT2D eigenvalue weighted by molar-refractivity contribution is 6.07. The molecule has 3 aromatic rings. The van der Waals surface area contributed by atoms with Gasteiger partial charge in [0.15, 0.2) is 5.78 Å². The number of benzene rings is 2. The Labute approximate surface area is 357 Å². The Balaban J connectivity index is 1.28. The number of anilines is 1. The third-order valence-electron chi connectivity index (χ3n) is 9.99. The maximum atomic E-state index is 13.3. The Morgan fingerprint density at radius 1 is 0.918 bits per heavy atom. The lowest BCUT2D eigenvalue weighted by atomic mass is 9.98. The van der Waals surface area contributed by atoms with E-state index in [1.165, 1.54) is 0 Å². The summed E-state index contributed by atoms with van der Waals surface area (Å²) < 4.78 is 5.50. The molecule has 2 heterocycles. The maximum Gasteiger partial charge on any atom is 0.312 e. The summed E-state index contributed by atoms with van der Waals surface area (Å²) >= 11 is 0. The number of nitrogens with zero attached hydrogens (tertiary/aromatic N) is 3. The molecule has 1 aliphatic heterocycles. The Hall–Kier alpha value is -6.42. The molecule has 0 radical (unpaired) electrons. The van der Waals surface area contributed by atoms with E-state index in [4.69, 9.17) is 21.9 Å². The molecule has 2 atom stereocenters. The molecule has 0 saturated carbocycles. The first-order chi connectivity index (χ1) is 29.2. The van der Waals surface area contributed by atoms with Gasteiger partial charge >= 0.3 is 12.0 Å². The lowest BCUT2D eigenvalue weighted by Crippen LogP contribution is -2.50. The molecule has 0 spiro atoms. The van der Waals surface area contributed by atoms with Crippen molar-refractivity contribution < 1.29 is 33.5 Å². The zero-order chi connectivity index (χ0) is 44.5. The average molecular weight is 838 g/mol. The summed E-state index contributed by atoms with van der Waals surface area (Å²) in [4.78, 5) is 86.9. The van der Waals surface area contributed by atoms with Crippen LogP contribution in [0.15, 0.2) is 71.4 Å². The van der Waals surface area contributed by atoms with Gasteiger partial charge in [0.2, 0.25) is 11.8 Å². The van der Waals surface area contributed by atoms with E-state index in [2.05, 4.69) is 25.9 Å². The monoisotopic (exact) mass is 837 g/mol. The zero-order valence-corrected chi connectivity index (χ0v) is 35.5. The first-order valence-corrected chi connectivity index (χ1v) is 20.8. The van der Waals surface area contributed by atoms with Crippen molar-refractivity contribution in [3.63, 3.8) is 0 Å². The number of amidine groups is 1. The molecular weight excluding hydrogens is 779 g/mol. The fourth-order valence-corrected chi connectivity index (χ4v) is 6.58. The van der Waals surface area contributed by atoms with E-state index in [-0.39, 0.29) is 55.9 Å². The van der Waals surface area contributed by atoms with Gasteiger partial charge in [0.05, 0.1) is 17.8 Å². The minimum Gasteiger partial charge on any atom is -0.461 e. The van der Waals surface area contributed by atoms with Crippen LogP contribution in [-0.2, 0) is 43.4 Å². The van der Waals surface area contributed by atoms with E-state index in [0.29, 0.717) is 66.1 Å². The van der Waals surface area contributed by atoms with Crippen LogP contribution in [0.25, 0.3) is 6.08 Å². The number of carbonyl (C=O) groups is 6. The number of pyridine rings is 1. The van der Waals surface area contributed by atoms with Crippen molar-refractivity contribution in [1.82, 2.24) is 20.5 Å². The average Bonchev–Trinajstić information content (AvgIpc) is 3.40. The van der Waals surface area contributed by atoms with E-state index in [0.717, 1.165) is 24.0 Å². The summed E-state index contributed by atoms with van der Waals surface area (Å²) in [6, 6.07) is 13.3. The molecule has 0 saturated heterocycles. The molecule has 2 aromatic carbocycles. The van der Waals surface area contributed by atoms with Crippen LogP contribution in [0.1, 0.15) is 98.8 Å². The van der Waals surface area contributed by atoms with Crippen molar-refractivity contribution in [2.45, 2.75) is 97.8 Å². The Morgan fingerprint density at radius 3 is 2.30 bits per heavy atom. The van der Waals surface area contributed by atoms with Gasteiger partial charge < -0.3 is 42.8 Å². The Bertz CT molecular complexity index is 2090. The van der Waals surface area contributed by atoms with Crippen LogP contribution >= 0.6 is 0 Å². The number of esters is 1. The highest BCUT2D eigenvalue weighted by atomic mass is 16.5. The fraction of sp³-hybridized carbons (Fsp3) is 0.422. The molecule has 0 aliphatic carbocycles. The second kappa shape index (κ2) is 23.4. The second-order valence-electron chi connectivity index (χ2n) is 15.4. The largest absolute Gasteiger partial charge is 0.461 e. The molecule has 16 nitrogen and oxygen atoms in total. The van der Waals surface area contributed by atoms with Crippen LogP contribution in [0, 0.1) is 5.92 Å². The molecule has 61 heavy (non-hydrogen) atoms. The van der Waals surface area contributed by atoms with Gasteiger partial charge in [-0.1, -0.05) is 58.0 Å². The van der Waals surface area contributed by atoms with Crippen molar-refractivity contribution in [2.75, 3.05) is 25.0 Å². The normalized spacial score (nSPS) is 13.1. The van der Waals surface area contributed by atoms with E-state index in [1.54, 1.807) is 66.9 Å². The summed E-state index contributed by atoms with van der Waals surface area (Å²) in [6.45, 7) is 9.30. The molecule has 0 fully saturated rings. The summed E-state index contributed by atoms with van der Waals surface area (Å²) in [5.41, 5.74) is 21.6. The number of hydrogen-bond acceptors (Lipinski definition) is 11. The van der Waals surface area contributed by atoms with E-state index >= 15 is 0 Å². The van der Waals surface area contributed by atoms with Gasteiger partial charge in [-0.05, 0) is 85.1 Å². The Morgan fingerprint density at radius 2 is 1.62 bits per heavy atom. The summed E-state index contributed by atoms with van der Waals surface area (Å²) in [7, 11) is 0. The maximum absolute atomic E-state index is 13.3. The van der Waals surface area contributed by atoms with Crippen molar-refractivity contribution in [2.24, 2.45) is 28.1 Å². The van der Waals surface area contributed by atoms with E-state index in [9.17, 15) is 28.8 Å². The topological polar surface area (TPSA) is 254 Å². The van der Waals surface area contributed by atoms with Gasteiger partial charge in [-0.3, -0.25) is 24.0 Å². The first kappa shape index (κ1) is 47.3. The number of hydrogen-bond donors (Lipinski definition) is 6. The number of aliphatic imine (C=N–C) groups is 1. The number of nitrogens with one attached hydrogen (secondary N) is 3. The van der Waals surface area contributed by atoms with Crippen molar-refractivity contribution >= 4 is 58.9 Å². The van der Waals surface area contributed by atoms with Crippen LogP contribution in [0.5, 0.6) is 0 Å². The third-order valence-corrected chi connectivity index (χ3v) is 9.99. The first-order valence-electron chi connectivity index (χ1n) is 20.8. The number of nitrogens with two attached hydrogens (primary N) is 3. The van der Waals surface area contributed by atoms with E-state index < -0.39 is 35.9 Å². The van der Waals surface area contributed by atoms with Gasteiger partial charge in [0.25, 0.3) is 5.91 Å². The SMILES string of the molecule is CCCN(CCC)C(=O)C1=Cc2ccc(C(=O)Nc3cc(CCC(=O)OCc4ccc(CC(=O)[C@H](CCCNC(N)=O)NC(=O)[C@@H](N)C(C)C)cc4)ccn3)cc2N=C(N)C1. The predicted molar refractivity (Wildman–Crippen MR) is 235 cm³/mol. The van der Waals surface area contributed by atoms with Crippen molar-refractivity contribution in [3.05, 3.63) is 94.2 Å². The number of carbonyl (C=O) groups excluding carboxylic acids is 6. The lowest BCUT2D eigenvalue weighted by molar-refractivity contribution is -0.145. The van der Waals surface area contributed by atoms with Gasteiger partial charge in [0, 0.05) is 61.8 Å². The number of primary amides is 1. The highest BCUT2D eigenvalue weighted by Crippen LogP contribution is 2.29. The molecule has 0 unspecified atom stereocenters. The number of Topliss-reactive ketones (excluding diaryl/α,β-unsaturated/α-hetero) is 1. The second-order valence-corrected chi connectivity index (χ2v) is 15.4. The van der Waals surface area contributed by atoms with Gasteiger partial charge in [-0.25, -0.2) is 14.8 Å². The standard InChI is InChI=1S/C45H59N9O7/c1-5-20-54(21-6-2)44(59)34-24-32-14-15-33(25-36(32)51-38(46)26-34)42(57)53-39-23-30(17-19-49-39)13-16-40(56)61-27-31-11-9-29(10-12-31)22-37(55)35(8-7-18-50-45(48)60)52-43(58)41(47)28(3)4/h9-12,14-15,17,19,23-25,28,35,41H,5-8,13,16,18,20-22,26-27,47H2,1-4H3,(H2,46,51)(H,52,58)(H3,48,50,60)(H,49,53,57)/t35-,41-/m0/s1. The summed E-state index contributed by atoms with van der Waals surface area (Å²) in [5, 5.41) is 8.05. The fourth-order valence-electron chi connectivity index (χ4n) is 6.58. The number of aromatic nitrogens is 1. The number of aryl methyl sites for hydroxylation is 1. The minimum absolute atomic E-state index is 0.0311.